The molecule has 0 bridgehead atoms. The van der Waals surface area contributed by atoms with E-state index in [1.54, 1.807) is 18.2 Å². The predicted molar refractivity (Wildman–Crippen MR) is 132 cm³/mol. The zero-order valence-corrected chi connectivity index (χ0v) is 19.7. The van der Waals surface area contributed by atoms with Gasteiger partial charge in [-0.05, 0) is 79.6 Å². The van der Waals surface area contributed by atoms with Gasteiger partial charge in [0, 0.05) is 17.1 Å². The normalized spacial score (nSPS) is 16.4. The Morgan fingerprint density at radius 3 is 2.61 bits per heavy atom. The molecule has 0 unspecified atom stereocenters. The van der Waals surface area contributed by atoms with Crippen molar-refractivity contribution in [1.29, 1.82) is 0 Å². The zero-order valence-electron chi connectivity index (χ0n) is 17.4. The van der Waals surface area contributed by atoms with E-state index >= 15 is 0 Å². The standard InChI is InChI=1S/C24H21Cl2N3OS/c1-4-16-7-5-6-8-21(16)29-14(2)11-17(15(29)3)12-22-23(30)28-24(31-22)27-18-9-10-19(25)20(26)13-18/h5-13H,4H2,1-3H3,(H,27,28,30)/b22-12-. The molecule has 0 aliphatic carbocycles. The topological polar surface area (TPSA) is 46.4 Å². The summed E-state index contributed by atoms with van der Waals surface area (Å²) >= 11 is 13.3. The maximum absolute atomic E-state index is 12.5. The van der Waals surface area contributed by atoms with Crippen LogP contribution in [0.25, 0.3) is 11.8 Å². The van der Waals surface area contributed by atoms with Crippen molar-refractivity contribution in [3.05, 3.63) is 86.0 Å². The second-order valence-electron chi connectivity index (χ2n) is 7.22. The van der Waals surface area contributed by atoms with Gasteiger partial charge in [0.2, 0.25) is 0 Å². The lowest BCUT2D eigenvalue weighted by atomic mass is 10.1. The van der Waals surface area contributed by atoms with Crippen molar-refractivity contribution < 1.29 is 4.79 Å². The molecule has 31 heavy (non-hydrogen) atoms. The second-order valence-corrected chi connectivity index (χ2v) is 9.07. The molecule has 4 rings (SSSR count). The number of rotatable bonds is 4. The number of para-hydroxylation sites is 1. The number of halogens is 2. The van der Waals surface area contributed by atoms with Crippen LogP contribution in [0.15, 0.2) is 58.4 Å². The summed E-state index contributed by atoms with van der Waals surface area (Å²) in [7, 11) is 0. The minimum atomic E-state index is -0.164. The third kappa shape index (κ3) is 4.45. The summed E-state index contributed by atoms with van der Waals surface area (Å²) in [6.07, 6.45) is 2.88. The molecule has 4 nitrogen and oxygen atoms in total. The summed E-state index contributed by atoms with van der Waals surface area (Å²) in [5, 5.41) is 4.23. The molecular weight excluding hydrogens is 449 g/mol. The number of nitrogens with one attached hydrogen (secondary N) is 1. The molecule has 0 atom stereocenters. The summed E-state index contributed by atoms with van der Waals surface area (Å²) in [5.74, 6) is -0.164. The van der Waals surface area contributed by atoms with Crippen LogP contribution >= 0.6 is 35.0 Å². The molecule has 2 aromatic carbocycles. The molecule has 0 saturated carbocycles. The van der Waals surface area contributed by atoms with E-state index in [4.69, 9.17) is 23.2 Å². The molecule has 0 radical (unpaired) electrons. The van der Waals surface area contributed by atoms with E-state index in [1.807, 2.05) is 6.08 Å². The van der Waals surface area contributed by atoms with Crippen molar-refractivity contribution in [3.63, 3.8) is 0 Å². The summed E-state index contributed by atoms with van der Waals surface area (Å²) in [4.78, 5) is 17.6. The Labute approximate surface area is 196 Å². The molecule has 2 heterocycles. The first-order valence-electron chi connectivity index (χ1n) is 9.89. The van der Waals surface area contributed by atoms with Gasteiger partial charge in [-0.2, -0.15) is 0 Å². The van der Waals surface area contributed by atoms with Crippen molar-refractivity contribution in [1.82, 2.24) is 9.88 Å². The van der Waals surface area contributed by atoms with E-state index in [9.17, 15) is 4.79 Å². The average molecular weight is 470 g/mol. The van der Waals surface area contributed by atoms with Crippen LogP contribution in [0.4, 0.5) is 5.69 Å². The van der Waals surface area contributed by atoms with Gasteiger partial charge in [0.05, 0.1) is 20.6 Å². The Morgan fingerprint density at radius 1 is 1.10 bits per heavy atom. The highest BCUT2D eigenvalue weighted by atomic mass is 35.5. The molecule has 1 aliphatic rings. The summed E-state index contributed by atoms with van der Waals surface area (Å²) in [6, 6.07) is 15.6. The molecule has 1 N–H and O–H groups in total. The SMILES string of the molecule is CCc1ccccc1-n1c(C)cc(/C=C2\SC(=Nc3ccc(Cl)c(Cl)c3)NC2=O)c1C. The van der Waals surface area contributed by atoms with Crippen molar-refractivity contribution in [2.75, 3.05) is 0 Å². The molecule has 1 saturated heterocycles. The number of carbonyl (C=O) groups excluding carboxylic acids is 1. The molecule has 1 amide bonds. The van der Waals surface area contributed by atoms with Gasteiger partial charge in [0.25, 0.3) is 5.91 Å². The molecule has 3 aromatic rings. The Morgan fingerprint density at radius 2 is 1.87 bits per heavy atom. The van der Waals surface area contributed by atoms with E-state index in [2.05, 4.69) is 66.0 Å². The van der Waals surface area contributed by atoms with Crippen LogP contribution in [0.1, 0.15) is 29.4 Å². The van der Waals surface area contributed by atoms with Crippen LogP contribution in [0.5, 0.6) is 0 Å². The highest BCUT2D eigenvalue weighted by Gasteiger charge is 2.25. The molecule has 158 valence electrons. The smallest absolute Gasteiger partial charge is 0.264 e. The number of hydrogen-bond acceptors (Lipinski definition) is 3. The molecule has 7 heteroatoms. The Bertz CT molecular complexity index is 1240. The third-order valence-electron chi connectivity index (χ3n) is 5.16. The Balaban J connectivity index is 1.66. The van der Waals surface area contributed by atoms with E-state index in [0.29, 0.717) is 25.8 Å². The van der Waals surface area contributed by atoms with Gasteiger partial charge in [0.15, 0.2) is 5.17 Å². The minimum absolute atomic E-state index is 0.164. The number of nitrogens with zero attached hydrogens (tertiary/aromatic N) is 2. The average Bonchev–Trinajstić information content (AvgIpc) is 3.23. The van der Waals surface area contributed by atoms with Gasteiger partial charge >= 0.3 is 0 Å². The van der Waals surface area contributed by atoms with E-state index < -0.39 is 0 Å². The van der Waals surface area contributed by atoms with Crippen molar-refractivity contribution in [3.8, 4) is 5.69 Å². The van der Waals surface area contributed by atoms with Gasteiger partial charge in [-0.3, -0.25) is 4.79 Å². The first-order chi connectivity index (χ1) is 14.9. The van der Waals surface area contributed by atoms with E-state index in [1.165, 1.54) is 23.0 Å². The molecule has 1 fully saturated rings. The van der Waals surface area contributed by atoms with E-state index in [-0.39, 0.29) is 5.91 Å². The Kier molecular flexibility index (Phi) is 6.28. The van der Waals surface area contributed by atoms with Gasteiger partial charge < -0.3 is 9.88 Å². The first kappa shape index (κ1) is 21.8. The first-order valence-corrected chi connectivity index (χ1v) is 11.5. The number of benzene rings is 2. The number of amides is 1. The fourth-order valence-electron chi connectivity index (χ4n) is 3.63. The monoisotopic (exact) mass is 469 g/mol. The van der Waals surface area contributed by atoms with Crippen LogP contribution in [-0.4, -0.2) is 15.6 Å². The number of aromatic nitrogens is 1. The largest absolute Gasteiger partial charge is 0.318 e. The highest BCUT2D eigenvalue weighted by molar-refractivity contribution is 8.18. The van der Waals surface area contributed by atoms with Crippen LogP contribution in [0.3, 0.4) is 0 Å². The highest BCUT2D eigenvalue weighted by Crippen LogP contribution is 2.32. The molecular formula is C24H21Cl2N3OS. The number of aliphatic imine (C=N–C) groups is 1. The lowest BCUT2D eigenvalue weighted by Crippen LogP contribution is -2.19. The predicted octanol–water partition coefficient (Wildman–Crippen LogP) is 6.85. The maximum Gasteiger partial charge on any atom is 0.264 e. The molecule has 1 aromatic heterocycles. The van der Waals surface area contributed by atoms with Crippen LogP contribution in [0, 0.1) is 13.8 Å². The van der Waals surface area contributed by atoms with Crippen molar-refractivity contribution in [2.24, 2.45) is 4.99 Å². The second kappa shape index (κ2) is 8.95. The third-order valence-corrected chi connectivity index (χ3v) is 6.80. The number of thioether (sulfide) groups is 1. The maximum atomic E-state index is 12.5. The van der Waals surface area contributed by atoms with Gasteiger partial charge in [0.1, 0.15) is 0 Å². The van der Waals surface area contributed by atoms with Gasteiger partial charge in [-0.1, -0.05) is 48.3 Å². The lowest BCUT2D eigenvalue weighted by Gasteiger charge is -2.13. The number of aryl methyl sites for hydroxylation is 2. The summed E-state index contributed by atoms with van der Waals surface area (Å²) in [5.41, 5.74) is 6.32. The number of amidine groups is 1. The fraction of sp³-hybridized carbons (Fsp3) is 0.167. The minimum Gasteiger partial charge on any atom is -0.318 e. The van der Waals surface area contributed by atoms with Crippen LogP contribution in [-0.2, 0) is 11.2 Å². The van der Waals surface area contributed by atoms with Crippen molar-refractivity contribution in [2.45, 2.75) is 27.2 Å². The zero-order chi connectivity index (χ0) is 22.1. The van der Waals surface area contributed by atoms with E-state index in [0.717, 1.165) is 23.4 Å². The molecule has 1 aliphatic heterocycles. The number of hydrogen-bond donors (Lipinski definition) is 1. The summed E-state index contributed by atoms with van der Waals surface area (Å²) in [6.45, 7) is 6.32. The number of carbonyl (C=O) groups is 1. The van der Waals surface area contributed by atoms with Crippen LogP contribution < -0.4 is 5.32 Å². The van der Waals surface area contributed by atoms with Gasteiger partial charge in [-0.15, -0.1) is 0 Å². The van der Waals surface area contributed by atoms with Crippen LogP contribution in [0.2, 0.25) is 10.0 Å². The fourth-order valence-corrected chi connectivity index (χ4v) is 4.75. The lowest BCUT2D eigenvalue weighted by molar-refractivity contribution is -0.115. The summed E-state index contributed by atoms with van der Waals surface area (Å²) < 4.78 is 2.24. The quantitative estimate of drug-likeness (QED) is 0.424. The molecule has 0 spiro atoms. The van der Waals surface area contributed by atoms with Gasteiger partial charge in [-0.25, -0.2) is 4.99 Å². The Hall–Kier alpha value is -2.47. The van der Waals surface area contributed by atoms with Crippen molar-refractivity contribution >= 4 is 57.8 Å².